The number of fused-ring (bicyclic) bond motifs is 1. The number of nitrogens with zero attached hydrogens (tertiary/aromatic N) is 2. The van der Waals surface area contributed by atoms with E-state index in [0.29, 0.717) is 17.7 Å². The van der Waals surface area contributed by atoms with Crippen LogP contribution in [-0.4, -0.2) is 20.9 Å². The lowest BCUT2D eigenvalue weighted by Crippen LogP contribution is -2.02. The normalized spacial score (nSPS) is 13.1. The Hall–Kier alpha value is -2.31. The Bertz CT molecular complexity index is 919. The Morgan fingerprint density at radius 1 is 1.17 bits per heavy atom. The molecule has 4 rings (SSSR count). The summed E-state index contributed by atoms with van der Waals surface area (Å²) in [5.41, 5.74) is 2.71. The molecule has 0 aliphatic carbocycles. The Kier molecular flexibility index (Phi) is 3.55. The number of carbonyl (C=O) groups excluding carboxylic acids is 2. The first kappa shape index (κ1) is 14.3. The van der Waals surface area contributed by atoms with E-state index >= 15 is 0 Å². The van der Waals surface area contributed by atoms with E-state index in [2.05, 4.69) is 9.97 Å². The van der Waals surface area contributed by atoms with Crippen LogP contribution >= 0.6 is 23.1 Å². The smallest absolute Gasteiger partial charge is 0.212 e. The van der Waals surface area contributed by atoms with Crippen LogP contribution in [0.4, 0.5) is 0 Å². The van der Waals surface area contributed by atoms with Gasteiger partial charge >= 0.3 is 0 Å². The molecule has 3 heterocycles. The molecule has 0 atom stereocenters. The summed E-state index contributed by atoms with van der Waals surface area (Å²) in [7, 11) is 0. The van der Waals surface area contributed by atoms with Crippen LogP contribution in [0, 0.1) is 0 Å². The number of pyridine rings is 1. The second-order valence-corrected chi connectivity index (χ2v) is 7.01. The number of aromatic nitrogens is 2. The van der Waals surface area contributed by atoms with Crippen molar-refractivity contribution in [2.45, 2.75) is 11.3 Å². The van der Waals surface area contributed by atoms with Gasteiger partial charge in [0.25, 0.3) is 0 Å². The standard InChI is InChI=1S/C17H10N2O2S2/c20-15-8-10-4-5-11(7-14(10)23-15)16(21)13-9-22-17(19-13)12-3-1-2-6-18-12/h1-7,9H,8H2. The molecule has 0 saturated carbocycles. The molecule has 23 heavy (non-hydrogen) atoms. The molecule has 112 valence electrons. The maximum Gasteiger partial charge on any atom is 0.212 e. The van der Waals surface area contributed by atoms with Gasteiger partial charge < -0.3 is 0 Å². The molecule has 1 aliphatic heterocycles. The average molecular weight is 338 g/mol. The first-order chi connectivity index (χ1) is 11.2. The fraction of sp³-hybridized carbons (Fsp3) is 0.0588. The maximum atomic E-state index is 12.6. The largest absolute Gasteiger partial charge is 0.287 e. The molecule has 1 aromatic carbocycles. The van der Waals surface area contributed by atoms with Crippen LogP contribution in [0.2, 0.25) is 0 Å². The molecule has 1 aliphatic rings. The molecule has 0 fully saturated rings. The van der Waals surface area contributed by atoms with Crippen LogP contribution in [0.15, 0.2) is 52.9 Å². The first-order valence-corrected chi connectivity index (χ1v) is 8.65. The van der Waals surface area contributed by atoms with E-state index in [4.69, 9.17) is 0 Å². The van der Waals surface area contributed by atoms with Crippen molar-refractivity contribution >= 4 is 34.0 Å². The maximum absolute atomic E-state index is 12.6. The predicted molar refractivity (Wildman–Crippen MR) is 89.8 cm³/mol. The van der Waals surface area contributed by atoms with Gasteiger partial charge in [-0.1, -0.05) is 30.0 Å². The lowest BCUT2D eigenvalue weighted by atomic mass is 10.1. The van der Waals surface area contributed by atoms with Crippen molar-refractivity contribution in [3.8, 4) is 10.7 Å². The van der Waals surface area contributed by atoms with Gasteiger partial charge in [-0.2, -0.15) is 0 Å². The third kappa shape index (κ3) is 2.71. The lowest BCUT2D eigenvalue weighted by molar-refractivity contribution is -0.110. The van der Waals surface area contributed by atoms with Gasteiger partial charge in [-0.3, -0.25) is 14.6 Å². The highest BCUT2D eigenvalue weighted by atomic mass is 32.2. The van der Waals surface area contributed by atoms with Crippen molar-refractivity contribution in [2.75, 3.05) is 0 Å². The van der Waals surface area contributed by atoms with Gasteiger partial charge in [0.2, 0.25) is 5.78 Å². The van der Waals surface area contributed by atoms with Crippen molar-refractivity contribution in [3.63, 3.8) is 0 Å². The van der Waals surface area contributed by atoms with Gasteiger partial charge in [0.05, 0.1) is 5.69 Å². The molecule has 3 aromatic rings. The van der Waals surface area contributed by atoms with Gasteiger partial charge in [-0.25, -0.2) is 4.98 Å². The Balaban J connectivity index is 1.64. The molecule has 0 radical (unpaired) electrons. The van der Waals surface area contributed by atoms with E-state index < -0.39 is 0 Å². The molecule has 0 spiro atoms. The van der Waals surface area contributed by atoms with Gasteiger partial charge in [0.1, 0.15) is 10.7 Å². The molecule has 0 unspecified atom stereocenters. The minimum Gasteiger partial charge on any atom is -0.287 e. The highest BCUT2D eigenvalue weighted by Gasteiger charge is 2.22. The molecule has 0 saturated heterocycles. The fourth-order valence-corrected chi connectivity index (χ4v) is 4.09. The van der Waals surface area contributed by atoms with E-state index in [-0.39, 0.29) is 10.9 Å². The number of hydrogen-bond donors (Lipinski definition) is 0. The zero-order valence-electron chi connectivity index (χ0n) is 11.9. The molecule has 0 amide bonds. The number of ketones is 1. The minimum absolute atomic E-state index is 0.121. The van der Waals surface area contributed by atoms with Gasteiger partial charge in [-0.15, -0.1) is 11.3 Å². The second kappa shape index (κ2) is 5.72. The monoisotopic (exact) mass is 338 g/mol. The molecule has 0 bridgehead atoms. The number of thioether (sulfide) groups is 1. The molecule has 2 aromatic heterocycles. The number of rotatable bonds is 3. The number of carbonyl (C=O) groups is 2. The van der Waals surface area contributed by atoms with Crippen LogP contribution in [0.3, 0.4) is 0 Å². The van der Waals surface area contributed by atoms with Gasteiger partial charge in [0, 0.05) is 28.5 Å². The molecule has 4 nitrogen and oxygen atoms in total. The van der Waals surface area contributed by atoms with E-state index in [1.54, 1.807) is 23.7 Å². The van der Waals surface area contributed by atoms with Crippen molar-refractivity contribution < 1.29 is 9.59 Å². The SMILES string of the molecule is O=C1Cc2ccc(C(=O)c3csc(-c4ccccn4)n3)cc2S1. The first-order valence-electron chi connectivity index (χ1n) is 6.96. The second-order valence-electron chi connectivity index (χ2n) is 5.06. The van der Waals surface area contributed by atoms with E-state index in [1.807, 2.05) is 24.3 Å². The van der Waals surface area contributed by atoms with E-state index in [0.717, 1.165) is 21.2 Å². The number of benzene rings is 1. The number of thiazole rings is 1. The van der Waals surface area contributed by atoms with Gasteiger partial charge in [0.15, 0.2) is 5.12 Å². The molecular weight excluding hydrogens is 328 g/mol. The summed E-state index contributed by atoms with van der Waals surface area (Å²) in [6.45, 7) is 0. The van der Waals surface area contributed by atoms with Crippen molar-refractivity contribution in [1.29, 1.82) is 0 Å². The third-order valence-electron chi connectivity index (χ3n) is 3.51. The topological polar surface area (TPSA) is 59.9 Å². The predicted octanol–water partition coefficient (Wildman–Crippen LogP) is 3.61. The summed E-state index contributed by atoms with van der Waals surface area (Å²) in [5.74, 6) is -0.133. The summed E-state index contributed by atoms with van der Waals surface area (Å²) < 4.78 is 0. The fourth-order valence-electron chi connectivity index (χ4n) is 2.38. The van der Waals surface area contributed by atoms with Crippen LogP contribution in [-0.2, 0) is 11.2 Å². The Morgan fingerprint density at radius 3 is 2.91 bits per heavy atom. The van der Waals surface area contributed by atoms with Crippen LogP contribution in [0.5, 0.6) is 0 Å². The van der Waals surface area contributed by atoms with Crippen molar-refractivity contribution in [2.24, 2.45) is 0 Å². The number of hydrogen-bond acceptors (Lipinski definition) is 6. The summed E-state index contributed by atoms with van der Waals surface area (Å²) >= 11 is 2.60. The summed E-state index contributed by atoms with van der Waals surface area (Å²) in [6, 6.07) is 11.0. The molecular formula is C17H10N2O2S2. The summed E-state index contributed by atoms with van der Waals surface area (Å²) in [5, 5.41) is 2.59. The third-order valence-corrected chi connectivity index (χ3v) is 5.35. The molecule has 6 heteroatoms. The lowest BCUT2D eigenvalue weighted by Gasteiger charge is -2.01. The highest BCUT2D eigenvalue weighted by Crippen LogP contribution is 2.33. The quantitative estimate of drug-likeness (QED) is 0.683. The van der Waals surface area contributed by atoms with E-state index in [1.165, 1.54) is 23.1 Å². The van der Waals surface area contributed by atoms with Crippen molar-refractivity contribution in [1.82, 2.24) is 9.97 Å². The summed E-state index contributed by atoms with van der Waals surface area (Å²) in [6.07, 6.45) is 2.14. The Labute approximate surface area is 140 Å². The zero-order chi connectivity index (χ0) is 15.8. The van der Waals surface area contributed by atoms with Crippen LogP contribution in [0.1, 0.15) is 21.6 Å². The van der Waals surface area contributed by atoms with Crippen LogP contribution in [0.25, 0.3) is 10.7 Å². The Morgan fingerprint density at radius 2 is 2.09 bits per heavy atom. The van der Waals surface area contributed by atoms with Crippen LogP contribution < -0.4 is 0 Å². The van der Waals surface area contributed by atoms with E-state index in [9.17, 15) is 9.59 Å². The molecule has 0 N–H and O–H groups in total. The summed E-state index contributed by atoms with van der Waals surface area (Å²) in [4.78, 5) is 33.6. The highest BCUT2D eigenvalue weighted by molar-refractivity contribution is 8.14. The zero-order valence-corrected chi connectivity index (χ0v) is 13.5. The minimum atomic E-state index is -0.133. The van der Waals surface area contributed by atoms with Gasteiger partial charge in [-0.05, 0) is 23.8 Å². The average Bonchev–Trinajstić information content (AvgIpc) is 3.20. The van der Waals surface area contributed by atoms with Crippen molar-refractivity contribution in [3.05, 3.63) is 64.8 Å².